The van der Waals surface area contributed by atoms with Crippen LogP contribution in [0.2, 0.25) is 0 Å². The summed E-state index contributed by atoms with van der Waals surface area (Å²) in [6.07, 6.45) is 0. The van der Waals surface area contributed by atoms with E-state index in [1.807, 2.05) is 18.2 Å². The quantitative estimate of drug-likeness (QED) is 0.450. The van der Waals surface area contributed by atoms with Crippen LogP contribution in [0.5, 0.6) is 28.7 Å². The van der Waals surface area contributed by atoms with Gasteiger partial charge in [-0.05, 0) is 59.2 Å². The first-order chi connectivity index (χ1) is 18.9. The summed E-state index contributed by atoms with van der Waals surface area (Å²) in [5, 5.41) is 14.1. The molecule has 3 aromatic rings. The molecule has 39 heavy (non-hydrogen) atoms. The highest BCUT2D eigenvalue weighted by Crippen LogP contribution is 2.56. The normalized spacial score (nSPS) is 22.4. The van der Waals surface area contributed by atoms with Gasteiger partial charge in [0.1, 0.15) is 0 Å². The fourth-order valence-electron chi connectivity index (χ4n) is 5.87. The van der Waals surface area contributed by atoms with Gasteiger partial charge in [0.15, 0.2) is 23.0 Å². The third kappa shape index (κ3) is 4.03. The van der Waals surface area contributed by atoms with Crippen LogP contribution in [0.3, 0.4) is 0 Å². The third-order valence-electron chi connectivity index (χ3n) is 7.65. The van der Waals surface area contributed by atoms with E-state index >= 15 is 0 Å². The van der Waals surface area contributed by atoms with Crippen molar-refractivity contribution in [2.45, 2.75) is 12.0 Å². The molecule has 2 aliphatic heterocycles. The molecule has 1 saturated heterocycles. The smallest absolute Gasteiger partial charge is 0.337 e. The van der Waals surface area contributed by atoms with E-state index in [4.69, 9.17) is 28.4 Å². The molecule has 0 unspecified atom stereocenters. The van der Waals surface area contributed by atoms with Gasteiger partial charge >= 0.3 is 11.9 Å². The maximum Gasteiger partial charge on any atom is 0.337 e. The minimum Gasteiger partial charge on any atom is -0.502 e. The summed E-state index contributed by atoms with van der Waals surface area (Å²) in [6, 6.07) is 13.9. The van der Waals surface area contributed by atoms with Gasteiger partial charge in [-0.15, -0.1) is 0 Å². The Morgan fingerprint density at radius 3 is 2.31 bits per heavy atom. The van der Waals surface area contributed by atoms with E-state index < -0.39 is 17.8 Å². The number of carbonyl (C=O) groups is 2. The van der Waals surface area contributed by atoms with Crippen LogP contribution < -0.4 is 24.3 Å². The molecule has 4 atom stereocenters. The van der Waals surface area contributed by atoms with E-state index in [0.29, 0.717) is 22.7 Å². The minimum absolute atomic E-state index is 0.0952. The Kier molecular flexibility index (Phi) is 6.09. The van der Waals surface area contributed by atoms with E-state index in [1.165, 1.54) is 21.3 Å². The number of benzene rings is 3. The molecular weight excluding hydrogens is 506 g/mol. The lowest BCUT2D eigenvalue weighted by Crippen LogP contribution is -2.37. The molecule has 2 N–H and O–H groups in total. The lowest BCUT2D eigenvalue weighted by Gasteiger charge is -2.40. The summed E-state index contributed by atoms with van der Waals surface area (Å²) < 4.78 is 32.8. The molecule has 0 spiro atoms. The maximum absolute atomic E-state index is 13.3. The van der Waals surface area contributed by atoms with Crippen molar-refractivity contribution in [2.24, 2.45) is 11.8 Å². The van der Waals surface area contributed by atoms with Gasteiger partial charge in [-0.3, -0.25) is 4.79 Å². The number of hydrogen-bond acceptors (Lipinski definition) is 10. The molecule has 202 valence electrons. The van der Waals surface area contributed by atoms with Crippen molar-refractivity contribution < 1.29 is 43.1 Å². The Hall–Kier alpha value is -4.60. The van der Waals surface area contributed by atoms with E-state index in [0.717, 1.165) is 16.7 Å². The number of phenolic OH excluding ortho intramolecular Hbond substituents is 1. The Morgan fingerprint density at radius 2 is 1.64 bits per heavy atom. The van der Waals surface area contributed by atoms with Crippen molar-refractivity contribution in [2.75, 3.05) is 40.0 Å². The Balaban J connectivity index is 1.52. The second-order valence-corrected chi connectivity index (χ2v) is 9.60. The van der Waals surface area contributed by atoms with Gasteiger partial charge in [0.25, 0.3) is 0 Å². The highest BCUT2D eigenvalue weighted by atomic mass is 16.7. The molecule has 0 bridgehead atoms. The van der Waals surface area contributed by atoms with Crippen LogP contribution in [0.1, 0.15) is 39.0 Å². The van der Waals surface area contributed by atoms with Gasteiger partial charge in [-0.1, -0.05) is 6.07 Å². The molecule has 10 heteroatoms. The van der Waals surface area contributed by atoms with E-state index in [-0.39, 0.29) is 48.6 Å². The van der Waals surface area contributed by atoms with Crippen LogP contribution in [0, 0.1) is 11.8 Å². The van der Waals surface area contributed by atoms with Crippen molar-refractivity contribution in [3.8, 4) is 28.7 Å². The zero-order chi connectivity index (χ0) is 27.3. The molecule has 3 aromatic carbocycles. The monoisotopic (exact) mass is 533 g/mol. The first-order valence-electron chi connectivity index (χ1n) is 12.4. The van der Waals surface area contributed by atoms with Crippen LogP contribution in [-0.4, -0.2) is 51.8 Å². The Morgan fingerprint density at radius 1 is 0.949 bits per heavy atom. The number of carbonyl (C=O) groups excluding carboxylic acids is 2. The van der Waals surface area contributed by atoms with Crippen molar-refractivity contribution in [1.82, 2.24) is 0 Å². The number of cyclic esters (lactones) is 1. The van der Waals surface area contributed by atoms with Crippen molar-refractivity contribution in [1.29, 1.82) is 0 Å². The van der Waals surface area contributed by atoms with Crippen molar-refractivity contribution in [3.05, 3.63) is 70.8 Å². The number of ether oxygens (including phenoxy) is 6. The molecule has 1 fully saturated rings. The first kappa shape index (κ1) is 24.7. The number of phenols is 1. The standard InChI is InChI=1S/C29H27NO9/c1-34-22-8-15(9-23(35-2)27(22)31)24-17-10-20-21(39-13-38-20)11-18(17)26(19-12-37-29(33)25(19)24)30-16-6-4-5-14(7-16)28(32)36-3/h4-11,19,24-26,30-31H,12-13H2,1-3H3/t19-,24+,25-,26+/m0/s1. The highest BCUT2D eigenvalue weighted by Gasteiger charge is 2.52. The number of methoxy groups -OCH3 is 3. The molecule has 0 radical (unpaired) electrons. The predicted octanol–water partition coefficient (Wildman–Crippen LogP) is 4.01. The van der Waals surface area contributed by atoms with E-state index in [2.05, 4.69) is 5.32 Å². The predicted molar refractivity (Wildman–Crippen MR) is 138 cm³/mol. The summed E-state index contributed by atoms with van der Waals surface area (Å²) in [7, 11) is 4.25. The molecule has 10 nitrogen and oxygen atoms in total. The number of aromatic hydroxyl groups is 1. The molecule has 0 amide bonds. The Bertz CT molecular complexity index is 1440. The molecule has 0 aromatic heterocycles. The van der Waals surface area contributed by atoms with Crippen LogP contribution >= 0.6 is 0 Å². The molecule has 6 rings (SSSR count). The highest BCUT2D eigenvalue weighted by molar-refractivity contribution is 5.90. The summed E-state index contributed by atoms with van der Waals surface area (Å²) in [5.74, 6) is -0.517. The number of esters is 2. The van der Waals surface area contributed by atoms with Crippen LogP contribution in [0.15, 0.2) is 48.5 Å². The van der Waals surface area contributed by atoms with Gasteiger partial charge < -0.3 is 38.8 Å². The number of hydrogen-bond donors (Lipinski definition) is 2. The number of fused-ring (bicyclic) bond motifs is 3. The van der Waals surface area contributed by atoms with Gasteiger partial charge in [0, 0.05) is 17.5 Å². The van der Waals surface area contributed by atoms with Gasteiger partial charge in [0.05, 0.1) is 45.5 Å². The molecule has 2 heterocycles. The number of rotatable bonds is 6. The third-order valence-corrected chi connectivity index (χ3v) is 7.65. The lowest BCUT2D eigenvalue weighted by molar-refractivity contribution is -0.141. The second-order valence-electron chi connectivity index (χ2n) is 9.60. The number of anilines is 1. The summed E-state index contributed by atoms with van der Waals surface area (Å²) >= 11 is 0. The van der Waals surface area contributed by atoms with Crippen molar-refractivity contribution in [3.63, 3.8) is 0 Å². The van der Waals surface area contributed by atoms with Gasteiger partial charge in [-0.25, -0.2) is 4.79 Å². The zero-order valence-electron chi connectivity index (χ0n) is 21.6. The first-order valence-corrected chi connectivity index (χ1v) is 12.4. The van der Waals surface area contributed by atoms with E-state index in [1.54, 1.807) is 30.3 Å². The largest absolute Gasteiger partial charge is 0.502 e. The van der Waals surface area contributed by atoms with Gasteiger partial charge in [-0.2, -0.15) is 0 Å². The topological polar surface area (TPSA) is 122 Å². The molecular formula is C29H27NO9. The lowest BCUT2D eigenvalue weighted by atomic mass is 9.65. The second kappa shape index (κ2) is 9.61. The summed E-state index contributed by atoms with van der Waals surface area (Å²) in [5.41, 5.74) is 3.56. The number of nitrogens with one attached hydrogen (secondary N) is 1. The Labute approximate surface area is 224 Å². The molecule has 3 aliphatic rings. The fraction of sp³-hybridized carbons (Fsp3) is 0.310. The van der Waals surface area contributed by atoms with Crippen LogP contribution in [-0.2, 0) is 14.3 Å². The molecule has 0 saturated carbocycles. The summed E-state index contributed by atoms with van der Waals surface area (Å²) in [6.45, 7) is 0.298. The van der Waals surface area contributed by atoms with Crippen LogP contribution in [0.25, 0.3) is 0 Å². The average Bonchev–Trinajstić information content (AvgIpc) is 3.58. The van der Waals surface area contributed by atoms with Gasteiger partial charge in [0.2, 0.25) is 12.5 Å². The fourth-order valence-corrected chi connectivity index (χ4v) is 5.87. The minimum atomic E-state index is -0.557. The average molecular weight is 534 g/mol. The zero-order valence-corrected chi connectivity index (χ0v) is 21.6. The maximum atomic E-state index is 13.3. The molecule has 1 aliphatic carbocycles. The SMILES string of the molecule is COC(=O)c1cccc(N[C@@H]2c3cc4c(cc3[C@@H](c3cc(OC)c(O)c(OC)c3)[C@H]3C(=O)OC[C@@H]32)OCO4)c1. The summed E-state index contributed by atoms with van der Waals surface area (Å²) in [4.78, 5) is 25.5. The van der Waals surface area contributed by atoms with E-state index in [9.17, 15) is 14.7 Å². The van der Waals surface area contributed by atoms with Crippen molar-refractivity contribution >= 4 is 17.6 Å². The van der Waals surface area contributed by atoms with Crippen LogP contribution in [0.4, 0.5) is 5.69 Å².